The quantitative estimate of drug-likeness (QED) is 0.833. The molecule has 6 heteroatoms. The van der Waals surface area contributed by atoms with Crippen LogP contribution < -0.4 is 16.2 Å². The van der Waals surface area contributed by atoms with E-state index in [4.69, 9.17) is 27.8 Å². The maximum absolute atomic E-state index is 12.6. The van der Waals surface area contributed by atoms with Crippen molar-refractivity contribution in [3.05, 3.63) is 22.7 Å². The fourth-order valence-corrected chi connectivity index (χ4v) is 2.60. The van der Waals surface area contributed by atoms with Crippen LogP contribution in [0.2, 0.25) is 5.02 Å². The highest BCUT2D eigenvalue weighted by atomic mass is 35.5. The minimum Gasteiger partial charge on any atom is -0.496 e. The van der Waals surface area contributed by atoms with E-state index in [0.717, 1.165) is 6.42 Å². The van der Waals surface area contributed by atoms with Crippen molar-refractivity contribution in [2.45, 2.75) is 13.3 Å². The molecule has 1 aromatic carbocycles. The zero-order valence-electron chi connectivity index (χ0n) is 11.8. The summed E-state index contributed by atoms with van der Waals surface area (Å²) in [6.07, 6.45) is 0.903. The summed E-state index contributed by atoms with van der Waals surface area (Å²) < 4.78 is 5.23. The first-order chi connectivity index (χ1) is 9.40. The van der Waals surface area contributed by atoms with Crippen LogP contribution in [0, 0.1) is 5.41 Å². The lowest BCUT2D eigenvalue weighted by Gasteiger charge is -2.23. The zero-order valence-corrected chi connectivity index (χ0v) is 12.5. The molecule has 110 valence electrons. The lowest BCUT2D eigenvalue weighted by Crippen LogP contribution is -2.34. The van der Waals surface area contributed by atoms with Crippen molar-refractivity contribution in [2.75, 3.05) is 32.5 Å². The molecular formula is C14H20ClN3O2. The van der Waals surface area contributed by atoms with Gasteiger partial charge in [-0.3, -0.25) is 4.79 Å². The van der Waals surface area contributed by atoms with Crippen LogP contribution in [0.3, 0.4) is 0 Å². The Morgan fingerprint density at radius 3 is 2.80 bits per heavy atom. The summed E-state index contributed by atoms with van der Waals surface area (Å²) in [6, 6.07) is 3.14. The van der Waals surface area contributed by atoms with E-state index in [1.807, 2.05) is 0 Å². The third-order valence-corrected chi connectivity index (χ3v) is 4.21. The fourth-order valence-electron chi connectivity index (χ4n) is 2.44. The number of halogens is 1. The van der Waals surface area contributed by atoms with Crippen molar-refractivity contribution in [2.24, 2.45) is 11.1 Å². The van der Waals surface area contributed by atoms with Gasteiger partial charge in [0.05, 0.1) is 23.4 Å². The Hall–Kier alpha value is -1.46. The number of methoxy groups -OCH3 is 1. The van der Waals surface area contributed by atoms with E-state index >= 15 is 0 Å². The minimum atomic E-state index is -0.0964. The molecule has 0 aliphatic carbocycles. The lowest BCUT2D eigenvalue weighted by atomic mass is 9.90. The summed E-state index contributed by atoms with van der Waals surface area (Å²) in [5.74, 6) is 0.346. The number of amides is 1. The number of nitrogen functional groups attached to an aromatic ring is 1. The summed E-state index contributed by atoms with van der Waals surface area (Å²) in [6.45, 7) is 4.00. The molecule has 0 saturated carbocycles. The Bertz CT molecular complexity index is 535. The van der Waals surface area contributed by atoms with Crippen LogP contribution in [0.25, 0.3) is 0 Å². The molecule has 5 nitrogen and oxygen atoms in total. The molecule has 20 heavy (non-hydrogen) atoms. The van der Waals surface area contributed by atoms with Gasteiger partial charge in [-0.15, -0.1) is 0 Å². The van der Waals surface area contributed by atoms with E-state index in [1.165, 1.54) is 7.11 Å². The number of rotatable bonds is 3. The molecule has 0 bridgehead atoms. The molecule has 0 radical (unpaired) electrons. The van der Waals surface area contributed by atoms with E-state index in [0.29, 0.717) is 41.7 Å². The van der Waals surface area contributed by atoms with Gasteiger partial charge in [-0.05, 0) is 24.4 Å². The lowest BCUT2D eigenvalue weighted by molar-refractivity contribution is 0.0773. The number of nitrogens with two attached hydrogens (primary N) is 2. The van der Waals surface area contributed by atoms with E-state index < -0.39 is 0 Å². The second kappa shape index (κ2) is 5.50. The van der Waals surface area contributed by atoms with E-state index in [2.05, 4.69) is 6.92 Å². The van der Waals surface area contributed by atoms with Gasteiger partial charge >= 0.3 is 0 Å². The monoisotopic (exact) mass is 297 g/mol. The SMILES string of the molecule is COc1cc(N)c(Cl)cc1C(=O)N1CCC(C)(CN)C1. The maximum atomic E-state index is 12.6. The number of hydrogen-bond donors (Lipinski definition) is 2. The zero-order chi connectivity index (χ0) is 14.9. The van der Waals surface area contributed by atoms with Gasteiger partial charge in [-0.1, -0.05) is 18.5 Å². The molecule has 4 N–H and O–H groups in total. The largest absolute Gasteiger partial charge is 0.496 e. The third-order valence-electron chi connectivity index (χ3n) is 3.89. The Morgan fingerprint density at radius 1 is 1.55 bits per heavy atom. The molecule has 1 aliphatic rings. The van der Waals surface area contributed by atoms with Gasteiger partial charge in [-0.25, -0.2) is 0 Å². The molecule has 1 aliphatic heterocycles. The van der Waals surface area contributed by atoms with Crippen LogP contribution in [0.15, 0.2) is 12.1 Å². The number of ether oxygens (including phenoxy) is 1. The Kier molecular flexibility index (Phi) is 4.11. The summed E-state index contributed by atoms with van der Waals surface area (Å²) in [7, 11) is 1.51. The molecule has 1 saturated heterocycles. The van der Waals surface area contributed by atoms with E-state index in [9.17, 15) is 4.79 Å². The minimum absolute atomic E-state index is 0.0134. The molecule has 1 fully saturated rings. The van der Waals surface area contributed by atoms with Crippen LogP contribution in [0.5, 0.6) is 5.75 Å². The number of hydrogen-bond acceptors (Lipinski definition) is 4. The molecule has 1 amide bonds. The summed E-state index contributed by atoms with van der Waals surface area (Å²) in [5, 5.41) is 0.356. The normalized spacial score (nSPS) is 22.1. The molecular weight excluding hydrogens is 278 g/mol. The van der Waals surface area contributed by atoms with Gasteiger partial charge < -0.3 is 21.1 Å². The van der Waals surface area contributed by atoms with Crippen LogP contribution >= 0.6 is 11.6 Å². The average molecular weight is 298 g/mol. The van der Waals surface area contributed by atoms with Gasteiger partial charge in [-0.2, -0.15) is 0 Å². The number of benzene rings is 1. The topological polar surface area (TPSA) is 81.6 Å². The van der Waals surface area contributed by atoms with Crippen molar-refractivity contribution in [1.82, 2.24) is 4.90 Å². The van der Waals surface area contributed by atoms with Crippen molar-refractivity contribution in [3.8, 4) is 5.75 Å². The van der Waals surface area contributed by atoms with Gasteiger partial charge in [0.15, 0.2) is 0 Å². The van der Waals surface area contributed by atoms with Gasteiger partial charge in [0, 0.05) is 19.2 Å². The van der Waals surface area contributed by atoms with Crippen molar-refractivity contribution >= 4 is 23.2 Å². The summed E-state index contributed by atoms with van der Waals surface area (Å²) in [4.78, 5) is 14.4. The molecule has 1 aromatic rings. The van der Waals surface area contributed by atoms with Gasteiger partial charge in [0.25, 0.3) is 5.91 Å². The van der Waals surface area contributed by atoms with Crippen molar-refractivity contribution < 1.29 is 9.53 Å². The van der Waals surface area contributed by atoms with E-state index in [-0.39, 0.29) is 11.3 Å². The van der Waals surface area contributed by atoms with Crippen LogP contribution in [-0.4, -0.2) is 37.6 Å². The van der Waals surface area contributed by atoms with Gasteiger partial charge in [0.2, 0.25) is 0 Å². The van der Waals surface area contributed by atoms with Crippen LogP contribution in [0.4, 0.5) is 5.69 Å². The highest BCUT2D eigenvalue weighted by molar-refractivity contribution is 6.33. The molecule has 1 atom stereocenters. The number of nitrogens with zero attached hydrogens (tertiary/aromatic N) is 1. The Balaban J connectivity index is 2.28. The smallest absolute Gasteiger partial charge is 0.257 e. The number of carbonyl (C=O) groups is 1. The highest BCUT2D eigenvalue weighted by Gasteiger charge is 2.36. The Labute approximate surface area is 123 Å². The van der Waals surface area contributed by atoms with Crippen LogP contribution in [-0.2, 0) is 0 Å². The van der Waals surface area contributed by atoms with Crippen molar-refractivity contribution in [1.29, 1.82) is 0 Å². The average Bonchev–Trinajstić information content (AvgIpc) is 2.84. The second-order valence-electron chi connectivity index (χ2n) is 5.57. The first-order valence-corrected chi connectivity index (χ1v) is 6.90. The maximum Gasteiger partial charge on any atom is 0.257 e. The van der Waals surface area contributed by atoms with Crippen molar-refractivity contribution in [3.63, 3.8) is 0 Å². The standard InChI is InChI=1S/C14H20ClN3O2/c1-14(7-16)3-4-18(8-14)13(19)9-5-10(15)11(17)6-12(9)20-2/h5-6H,3-4,7-8,16-17H2,1-2H3. The first-order valence-electron chi connectivity index (χ1n) is 6.52. The summed E-state index contributed by atoms with van der Waals surface area (Å²) in [5.41, 5.74) is 12.3. The summed E-state index contributed by atoms with van der Waals surface area (Å²) >= 11 is 6.01. The highest BCUT2D eigenvalue weighted by Crippen LogP contribution is 2.33. The number of likely N-dealkylation sites (tertiary alicyclic amines) is 1. The first kappa shape index (κ1) is 14.9. The molecule has 2 rings (SSSR count). The fraction of sp³-hybridized carbons (Fsp3) is 0.500. The molecule has 1 unspecified atom stereocenters. The number of anilines is 1. The predicted molar refractivity (Wildman–Crippen MR) is 80.1 cm³/mol. The molecule has 1 heterocycles. The predicted octanol–water partition coefficient (Wildman–Crippen LogP) is 1.74. The van der Waals surface area contributed by atoms with Crippen LogP contribution in [0.1, 0.15) is 23.7 Å². The van der Waals surface area contributed by atoms with Gasteiger partial charge in [0.1, 0.15) is 5.75 Å². The second-order valence-corrected chi connectivity index (χ2v) is 5.97. The molecule has 0 aromatic heterocycles. The molecule has 0 spiro atoms. The Morgan fingerprint density at radius 2 is 2.25 bits per heavy atom. The van der Waals surface area contributed by atoms with E-state index in [1.54, 1.807) is 17.0 Å². The third kappa shape index (κ3) is 2.69. The number of carbonyl (C=O) groups excluding carboxylic acids is 1.